The Labute approximate surface area is 153 Å². The molecule has 0 unspecified atom stereocenters. The molecule has 0 atom stereocenters. The largest absolute Gasteiger partial charge is 0.0654 e. The van der Waals surface area contributed by atoms with Gasteiger partial charge in [-0.1, -0.05) is 101 Å². The lowest BCUT2D eigenvalue weighted by Crippen LogP contribution is -1.86. The lowest BCUT2D eigenvalue weighted by molar-refractivity contribution is 0.667. The molecule has 25 heavy (non-hydrogen) atoms. The van der Waals surface area contributed by atoms with E-state index in [1.54, 1.807) is 0 Å². The monoisotopic (exact) mass is 330 g/mol. The van der Waals surface area contributed by atoms with Gasteiger partial charge in [-0.25, -0.2) is 0 Å². The Morgan fingerprint density at radius 2 is 1.20 bits per heavy atom. The summed E-state index contributed by atoms with van der Waals surface area (Å²) in [4.78, 5) is 0. The van der Waals surface area contributed by atoms with Crippen LogP contribution in [0.3, 0.4) is 0 Å². The van der Waals surface area contributed by atoms with Crippen LogP contribution in [0.2, 0.25) is 0 Å². The van der Waals surface area contributed by atoms with E-state index in [4.69, 9.17) is 0 Å². The van der Waals surface area contributed by atoms with Crippen molar-refractivity contribution in [3.8, 4) is 22.3 Å². The fraction of sp³-hybridized carbons (Fsp3) is 0.360. The zero-order valence-electron chi connectivity index (χ0n) is 15.9. The third-order valence-electron chi connectivity index (χ3n) is 5.18. The summed E-state index contributed by atoms with van der Waals surface area (Å²) in [5, 5.41) is 0. The predicted molar refractivity (Wildman–Crippen MR) is 110 cm³/mol. The average Bonchev–Trinajstić information content (AvgIpc) is 2.90. The Kier molecular flexibility index (Phi) is 5.91. The molecule has 130 valence electrons. The molecule has 0 N–H and O–H groups in total. The van der Waals surface area contributed by atoms with E-state index in [9.17, 15) is 0 Å². The van der Waals surface area contributed by atoms with Gasteiger partial charge in [0.2, 0.25) is 0 Å². The van der Waals surface area contributed by atoms with Gasteiger partial charge in [0.1, 0.15) is 0 Å². The van der Waals surface area contributed by atoms with Crippen molar-refractivity contribution in [1.29, 1.82) is 0 Å². The quantitative estimate of drug-likeness (QED) is 0.389. The molecule has 0 heteroatoms. The predicted octanol–water partition coefficient (Wildman–Crippen LogP) is 7.70. The topological polar surface area (TPSA) is 0 Å². The van der Waals surface area contributed by atoms with Gasteiger partial charge in [-0.2, -0.15) is 0 Å². The van der Waals surface area contributed by atoms with Crippen molar-refractivity contribution in [3.63, 3.8) is 0 Å². The molecule has 0 spiro atoms. The molecule has 0 bridgehead atoms. The first-order valence-corrected chi connectivity index (χ1v) is 9.81. The number of aryl methyl sites for hydroxylation is 1. The minimum Gasteiger partial charge on any atom is -0.0654 e. The number of rotatable bonds is 7. The van der Waals surface area contributed by atoms with E-state index in [1.165, 1.54) is 65.5 Å². The van der Waals surface area contributed by atoms with E-state index < -0.39 is 0 Å². The summed E-state index contributed by atoms with van der Waals surface area (Å²) in [6, 6.07) is 22.8. The van der Waals surface area contributed by atoms with Gasteiger partial charge in [-0.05, 0) is 52.1 Å². The second-order valence-corrected chi connectivity index (χ2v) is 7.44. The smallest absolute Gasteiger partial charge is 0.0105 e. The molecule has 0 aromatic heterocycles. The van der Waals surface area contributed by atoms with Gasteiger partial charge in [-0.15, -0.1) is 0 Å². The van der Waals surface area contributed by atoms with Crippen LogP contribution in [-0.2, 0) is 6.42 Å². The second kappa shape index (κ2) is 8.34. The van der Waals surface area contributed by atoms with Crippen molar-refractivity contribution in [1.82, 2.24) is 0 Å². The van der Waals surface area contributed by atoms with E-state index in [2.05, 4.69) is 81.4 Å². The van der Waals surface area contributed by atoms with Crippen LogP contribution >= 0.6 is 0 Å². The number of benzene rings is 1. The highest BCUT2D eigenvalue weighted by molar-refractivity contribution is 5.86. The highest BCUT2D eigenvalue weighted by Gasteiger charge is 2.10. The summed E-state index contributed by atoms with van der Waals surface area (Å²) >= 11 is 0. The molecule has 2 aliphatic carbocycles. The summed E-state index contributed by atoms with van der Waals surface area (Å²) in [6.07, 6.45) is 6.52. The molecule has 0 saturated carbocycles. The summed E-state index contributed by atoms with van der Waals surface area (Å²) < 4.78 is 0. The lowest BCUT2D eigenvalue weighted by Gasteiger charge is -2.05. The van der Waals surface area contributed by atoms with Gasteiger partial charge in [0, 0.05) is 0 Å². The molecule has 1 aromatic rings. The minimum atomic E-state index is 0.562. The first-order chi connectivity index (χ1) is 12.2. The fourth-order valence-corrected chi connectivity index (χ4v) is 3.50. The van der Waals surface area contributed by atoms with Gasteiger partial charge in [0.25, 0.3) is 0 Å². The summed E-state index contributed by atoms with van der Waals surface area (Å²) in [7, 11) is 0. The molecule has 0 nitrogen and oxygen atoms in total. The summed E-state index contributed by atoms with van der Waals surface area (Å²) in [5.41, 5.74) is 8.20. The number of unbranched alkanes of at least 4 members (excludes halogenated alkanes) is 3. The Balaban J connectivity index is 1.80. The van der Waals surface area contributed by atoms with Crippen LogP contribution in [-0.4, -0.2) is 0 Å². The Hall–Kier alpha value is -2.08. The highest BCUT2D eigenvalue weighted by atomic mass is 14.1. The van der Waals surface area contributed by atoms with E-state index in [0.717, 1.165) is 0 Å². The van der Waals surface area contributed by atoms with Gasteiger partial charge in [0.15, 0.2) is 0 Å². The first-order valence-electron chi connectivity index (χ1n) is 9.81. The van der Waals surface area contributed by atoms with Crippen LogP contribution in [0, 0.1) is 0 Å². The molecule has 0 heterocycles. The molecule has 3 rings (SSSR count). The van der Waals surface area contributed by atoms with E-state index in [-0.39, 0.29) is 0 Å². The van der Waals surface area contributed by atoms with Crippen LogP contribution in [0.4, 0.5) is 0 Å². The van der Waals surface area contributed by atoms with E-state index >= 15 is 0 Å². The molecule has 0 saturated heterocycles. The molecular weight excluding hydrogens is 300 g/mol. The molecule has 0 fully saturated rings. The molecule has 0 aliphatic heterocycles. The molecule has 0 amide bonds. The maximum absolute atomic E-state index is 2.31. The summed E-state index contributed by atoms with van der Waals surface area (Å²) in [6.45, 7) is 6.77. The number of hydrogen-bond acceptors (Lipinski definition) is 0. The van der Waals surface area contributed by atoms with Gasteiger partial charge in [-0.3, -0.25) is 0 Å². The Morgan fingerprint density at radius 1 is 0.640 bits per heavy atom. The fourth-order valence-electron chi connectivity index (χ4n) is 3.50. The highest BCUT2D eigenvalue weighted by Crippen LogP contribution is 2.35. The van der Waals surface area contributed by atoms with Crippen LogP contribution in [0.5, 0.6) is 0 Å². The van der Waals surface area contributed by atoms with Crippen molar-refractivity contribution < 1.29 is 0 Å². The van der Waals surface area contributed by atoms with E-state index in [1.807, 2.05) is 0 Å². The van der Waals surface area contributed by atoms with Crippen molar-refractivity contribution in [2.45, 2.75) is 58.8 Å². The van der Waals surface area contributed by atoms with Crippen molar-refractivity contribution >= 4 is 0 Å². The van der Waals surface area contributed by atoms with E-state index in [0.29, 0.717) is 5.92 Å². The third-order valence-corrected chi connectivity index (χ3v) is 5.18. The van der Waals surface area contributed by atoms with Crippen LogP contribution in [0.15, 0.2) is 60.7 Å². The van der Waals surface area contributed by atoms with Crippen molar-refractivity contribution in [2.24, 2.45) is 0 Å². The zero-order valence-corrected chi connectivity index (χ0v) is 15.9. The first kappa shape index (κ1) is 17.7. The standard InChI is InChI=1S/C25H30/c1-4-5-6-7-8-20-9-11-22(12-10-20)25-18-16-23-14-13-21(19(2)3)15-17-24(23)25/h9-19H,4-8H2,1-3H3. The number of fused-ring (bicyclic) bond motifs is 1. The minimum absolute atomic E-state index is 0.562. The molecule has 1 aromatic carbocycles. The lowest BCUT2D eigenvalue weighted by atomic mass is 9.99. The zero-order chi connectivity index (χ0) is 17.6. The Bertz CT molecular complexity index is 764. The SMILES string of the molecule is CCCCCCc1ccc(-c2ccc3ccc(C(C)C)ccc2-3)cc1. The van der Waals surface area contributed by atoms with Crippen LogP contribution < -0.4 is 0 Å². The van der Waals surface area contributed by atoms with Crippen molar-refractivity contribution in [2.75, 3.05) is 0 Å². The van der Waals surface area contributed by atoms with Crippen LogP contribution in [0.1, 0.15) is 63.5 Å². The van der Waals surface area contributed by atoms with Crippen molar-refractivity contribution in [3.05, 3.63) is 71.8 Å². The number of hydrogen-bond donors (Lipinski definition) is 0. The van der Waals surface area contributed by atoms with Gasteiger partial charge < -0.3 is 0 Å². The summed E-state index contributed by atoms with van der Waals surface area (Å²) in [5.74, 6) is 0.562. The second-order valence-electron chi connectivity index (χ2n) is 7.44. The average molecular weight is 331 g/mol. The van der Waals surface area contributed by atoms with Gasteiger partial charge in [0.05, 0.1) is 0 Å². The molecule has 2 aliphatic rings. The normalized spacial score (nSPS) is 11.4. The molecule has 0 radical (unpaired) electrons. The molecular formula is C25H30. The third kappa shape index (κ3) is 4.31. The maximum atomic E-state index is 2.31. The maximum Gasteiger partial charge on any atom is -0.0105 e. The Morgan fingerprint density at radius 3 is 1.84 bits per heavy atom. The van der Waals surface area contributed by atoms with Crippen LogP contribution in [0.25, 0.3) is 22.3 Å². The van der Waals surface area contributed by atoms with Gasteiger partial charge >= 0.3 is 0 Å².